The van der Waals surface area contributed by atoms with Crippen LogP contribution in [-0.4, -0.2) is 57.7 Å². The molecule has 1 saturated heterocycles. The topological polar surface area (TPSA) is 109 Å². The first kappa shape index (κ1) is 22.4. The molecule has 0 saturated carbocycles. The molecule has 5 rings (SSSR count). The number of hydrogen-bond donors (Lipinski definition) is 0. The summed E-state index contributed by atoms with van der Waals surface area (Å²) >= 11 is 1.51. The third-order valence-corrected chi connectivity index (χ3v) is 7.10. The van der Waals surface area contributed by atoms with Gasteiger partial charge in [-0.15, -0.1) is 5.10 Å². The van der Waals surface area contributed by atoms with E-state index in [-0.39, 0.29) is 11.2 Å². The zero-order valence-corrected chi connectivity index (χ0v) is 20.1. The molecule has 1 aliphatic rings. The third kappa shape index (κ3) is 4.02. The van der Waals surface area contributed by atoms with E-state index >= 15 is 0 Å². The molecular weight excluding hydrogens is 454 g/mol. The number of hydrogen-bond acceptors (Lipinski definition) is 8. The number of aryl methyl sites for hydroxylation is 2. The fourth-order valence-electron chi connectivity index (χ4n) is 4.39. The molecular formula is C22H27N9O2S. The van der Waals surface area contributed by atoms with Crippen LogP contribution in [0, 0.1) is 0 Å². The van der Waals surface area contributed by atoms with Crippen LogP contribution in [-0.2, 0) is 20.6 Å². The monoisotopic (exact) mass is 481 g/mol. The minimum absolute atomic E-state index is 0.328. The summed E-state index contributed by atoms with van der Waals surface area (Å²) in [7, 11) is 3.17. The molecule has 0 bridgehead atoms. The Labute approximate surface area is 200 Å². The molecule has 1 aromatic carbocycles. The van der Waals surface area contributed by atoms with E-state index in [1.807, 2.05) is 34.9 Å². The summed E-state index contributed by atoms with van der Waals surface area (Å²) in [5.74, 6) is 1.38. The number of nitrogens with zero attached hydrogens (tertiary/aromatic N) is 9. The van der Waals surface area contributed by atoms with E-state index in [1.54, 1.807) is 11.7 Å². The largest absolute Gasteiger partial charge is 0.342 e. The predicted molar refractivity (Wildman–Crippen MR) is 131 cm³/mol. The SMILES string of the molecule is Cn1c(=O)c2c(nc(N3CCCCCC3)n2CCSc2nnnn2-c2ccccc2)n(C)c1=O. The number of benzene rings is 1. The molecule has 1 aliphatic heterocycles. The van der Waals surface area contributed by atoms with Crippen LogP contribution >= 0.6 is 11.8 Å². The van der Waals surface area contributed by atoms with Crippen molar-refractivity contribution in [3.8, 4) is 5.69 Å². The van der Waals surface area contributed by atoms with Crippen molar-refractivity contribution < 1.29 is 0 Å². The highest BCUT2D eigenvalue weighted by atomic mass is 32.2. The van der Waals surface area contributed by atoms with Crippen molar-refractivity contribution in [3.63, 3.8) is 0 Å². The maximum absolute atomic E-state index is 13.1. The molecule has 1 fully saturated rings. The fourth-order valence-corrected chi connectivity index (χ4v) is 5.20. The van der Waals surface area contributed by atoms with E-state index < -0.39 is 0 Å². The van der Waals surface area contributed by atoms with Crippen molar-refractivity contribution in [2.75, 3.05) is 23.7 Å². The van der Waals surface area contributed by atoms with Crippen LogP contribution in [0.2, 0.25) is 0 Å². The average molecular weight is 482 g/mol. The molecule has 0 N–H and O–H groups in total. The number of imidazole rings is 1. The Morgan fingerprint density at radius 2 is 1.71 bits per heavy atom. The van der Waals surface area contributed by atoms with Crippen LogP contribution in [0.25, 0.3) is 16.9 Å². The van der Waals surface area contributed by atoms with Crippen LogP contribution in [0.15, 0.2) is 45.1 Å². The lowest BCUT2D eigenvalue weighted by Gasteiger charge is -2.22. The second-order valence-electron chi connectivity index (χ2n) is 8.40. The van der Waals surface area contributed by atoms with Gasteiger partial charge in [0.2, 0.25) is 11.1 Å². The predicted octanol–water partition coefficient (Wildman–Crippen LogP) is 1.58. The zero-order chi connectivity index (χ0) is 23.7. The number of anilines is 1. The third-order valence-electron chi connectivity index (χ3n) is 6.20. The lowest BCUT2D eigenvalue weighted by molar-refractivity contribution is 0.691. The molecule has 0 unspecified atom stereocenters. The van der Waals surface area contributed by atoms with Gasteiger partial charge in [0.05, 0.1) is 5.69 Å². The molecule has 4 heterocycles. The standard InChI is InChI=1S/C22H27N9O2S/c1-27-18-17(19(32)28(2)22(27)33)30(20(23-18)29-12-8-3-4-9-13-29)14-15-34-21-24-25-26-31(21)16-10-6-5-7-11-16/h5-7,10-11H,3-4,8-9,12-15H2,1-2H3. The van der Waals surface area contributed by atoms with E-state index in [0.29, 0.717) is 28.6 Å². The highest BCUT2D eigenvalue weighted by molar-refractivity contribution is 7.99. The maximum Gasteiger partial charge on any atom is 0.332 e. The first-order chi connectivity index (χ1) is 16.6. The smallest absolute Gasteiger partial charge is 0.332 e. The minimum atomic E-state index is -0.374. The second kappa shape index (κ2) is 9.45. The Hall–Kier alpha value is -3.41. The second-order valence-corrected chi connectivity index (χ2v) is 9.46. The molecule has 11 nitrogen and oxygen atoms in total. The number of tetrazole rings is 1. The normalized spacial score (nSPS) is 14.6. The summed E-state index contributed by atoms with van der Waals surface area (Å²) in [6.07, 6.45) is 4.55. The quantitative estimate of drug-likeness (QED) is 0.382. The lowest BCUT2D eigenvalue weighted by atomic mass is 10.2. The van der Waals surface area contributed by atoms with Crippen LogP contribution in [0.1, 0.15) is 25.7 Å². The van der Waals surface area contributed by atoms with E-state index in [4.69, 9.17) is 4.98 Å². The van der Waals surface area contributed by atoms with E-state index in [2.05, 4.69) is 20.4 Å². The molecule has 34 heavy (non-hydrogen) atoms. The van der Waals surface area contributed by atoms with Crippen molar-refractivity contribution in [2.45, 2.75) is 37.4 Å². The Kier molecular flexibility index (Phi) is 6.22. The van der Waals surface area contributed by atoms with Crippen LogP contribution < -0.4 is 16.1 Å². The molecule has 4 aromatic rings. The van der Waals surface area contributed by atoms with Crippen molar-refractivity contribution >= 4 is 28.9 Å². The first-order valence-corrected chi connectivity index (χ1v) is 12.4. The Morgan fingerprint density at radius 3 is 2.44 bits per heavy atom. The average Bonchev–Trinajstić information content (AvgIpc) is 3.38. The molecule has 0 amide bonds. The molecule has 0 atom stereocenters. The van der Waals surface area contributed by atoms with E-state index in [1.165, 1.54) is 36.2 Å². The van der Waals surface area contributed by atoms with Crippen LogP contribution in [0.5, 0.6) is 0 Å². The van der Waals surface area contributed by atoms with Crippen LogP contribution in [0.4, 0.5) is 5.95 Å². The molecule has 178 valence electrons. The molecule has 3 aromatic heterocycles. The van der Waals surface area contributed by atoms with Gasteiger partial charge in [0.1, 0.15) is 0 Å². The summed E-state index contributed by atoms with van der Waals surface area (Å²) in [4.78, 5) is 32.7. The molecule has 0 radical (unpaired) electrons. The first-order valence-electron chi connectivity index (χ1n) is 11.4. The van der Waals surface area contributed by atoms with E-state index in [9.17, 15) is 9.59 Å². The number of fused-ring (bicyclic) bond motifs is 1. The summed E-state index contributed by atoms with van der Waals surface area (Å²) in [6.45, 7) is 2.30. The van der Waals surface area contributed by atoms with Gasteiger partial charge in [-0.25, -0.2) is 4.79 Å². The molecule has 0 aliphatic carbocycles. The minimum Gasteiger partial charge on any atom is -0.342 e. The Morgan fingerprint density at radius 1 is 0.971 bits per heavy atom. The number of aromatic nitrogens is 8. The van der Waals surface area contributed by atoms with Gasteiger partial charge < -0.3 is 9.47 Å². The fraction of sp³-hybridized carbons (Fsp3) is 0.455. The van der Waals surface area contributed by atoms with Gasteiger partial charge in [-0.05, 0) is 35.4 Å². The molecule has 12 heteroatoms. The van der Waals surface area contributed by atoms with Crippen molar-refractivity contribution in [2.24, 2.45) is 14.1 Å². The Bertz CT molecular complexity index is 1410. The summed E-state index contributed by atoms with van der Waals surface area (Å²) in [5, 5.41) is 12.8. The summed E-state index contributed by atoms with van der Waals surface area (Å²) in [5.41, 5.74) is 1.06. The van der Waals surface area contributed by atoms with Crippen LogP contribution in [0.3, 0.4) is 0 Å². The van der Waals surface area contributed by atoms with Gasteiger partial charge >= 0.3 is 5.69 Å². The highest BCUT2D eigenvalue weighted by Crippen LogP contribution is 2.25. The van der Waals surface area contributed by atoms with Gasteiger partial charge in [0.25, 0.3) is 5.56 Å². The van der Waals surface area contributed by atoms with Gasteiger partial charge in [-0.2, -0.15) is 9.67 Å². The van der Waals surface area contributed by atoms with Crippen molar-refractivity contribution in [1.82, 2.24) is 38.9 Å². The summed E-state index contributed by atoms with van der Waals surface area (Å²) in [6, 6.07) is 9.73. The molecule has 0 spiro atoms. The van der Waals surface area contributed by atoms with Crippen molar-refractivity contribution in [1.29, 1.82) is 0 Å². The maximum atomic E-state index is 13.1. The van der Waals surface area contributed by atoms with Crippen molar-refractivity contribution in [3.05, 3.63) is 51.2 Å². The van der Waals surface area contributed by atoms with E-state index in [0.717, 1.165) is 42.1 Å². The van der Waals surface area contributed by atoms with Gasteiger partial charge in [-0.3, -0.25) is 13.9 Å². The Balaban J connectivity index is 1.50. The van der Waals surface area contributed by atoms with Gasteiger partial charge in [-0.1, -0.05) is 42.8 Å². The highest BCUT2D eigenvalue weighted by Gasteiger charge is 2.23. The number of thioether (sulfide) groups is 1. The zero-order valence-electron chi connectivity index (χ0n) is 19.3. The number of para-hydroxylation sites is 1. The lowest BCUT2D eigenvalue weighted by Crippen LogP contribution is -2.37. The summed E-state index contributed by atoms with van der Waals surface area (Å²) < 4.78 is 6.27. The van der Waals surface area contributed by atoms with Gasteiger partial charge in [0.15, 0.2) is 11.2 Å². The number of rotatable bonds is 6. The van der Waals surface area contributed by atoms with Gasteiger partial charge in [0, 0.05) is 39.5 Å².